The van der Waals surface area contributed by atoms with Crippen LogP contribution in [0.3, 0.4) is 0 Å². The molecule has 1 aromatic heterocycles. The van der Waals surface area contributed by atoms with Crippen molar-refractivity contribution in [2.75, 3.05) is 0 Å². The smallest absolute Gasteiger partial charge is 0.312 e. The first-order valence-electron chi connectivity index (χ1n) is 5.87. The van der Waals surface area contributed by atoms with Crippen molar-refractivity contribution in [2.45, 2.75) is 33.2 Å². The zero-order valence-electron chi connectivity index (χ0n) is 10.4. The highest BCUT2D eigenvalue weighted by Crippen LogP contribution is 2.26. The van der Waals surface area contributed by atoms with Gasteiger partial charge in [0, 0.05) is 23.1 Å². The number of hydrogen-bond donors (Lipinski definition) is 1. The number of benzene rings is 1. The highest BCUT2D eigenvalue weighted by Gasteiger charge is 2.19. The van der Waals surface area contributed by atoms with Crippen LogP contribution in [0.1, 0.15) is 31.0 Å². The first-order valence-corrected chi connectivity index (χ1v) is 5.87. The molecule has 0 bridgehead atoms. The lowest BCUT2D eigenvalue weighted by Gasteiger charge is -2.11. The molecule has 1 aromatic carbocycles. The third-order valence-corrected chi connectivity index (χ3v) is 3.22. The molecule has 1 unspecified atom stereocenters. The molecule has 0 radical (unpaired) electrons. The van der Waals surface area contributed by atoms with E-state index >= 15 is 0 Å². The zero-order valence-corrected chi connectivity index (χ0v) is 10.4. The van der Waals surface area contributed by atoms with E-state index in [-0.39, 0.29) is 0 Å². The molecule has 1 atom stereocenters. The van der Waals surface area contributed by atoms with Crippen LogP contribution in [0.2, 0.25) is 0 Å². The van der Waals surface area contributed by atoms with Crippen molar-refractivity contribution in [2.24, 2.45) is 0 Å². The molecule has 90 valence electrons. The number of fused-ring (bicyclic) bond motifs is 1. The lowest BCUT2D eigenvalue weighted by Crippen LogP contribution is -2.12. The van der Waals surface area contributed by atoms with Crippen LogP contribution in [0.4, 0.5) is 0 Å². The summed E-state index contributed by atoms with van der Waals surface area (Å²) in [6, 6.07) is 8.21. The maximum atomic E-state index is 11.1. The summed E-state index contributed by atoms with van der Waals surface area (Å²) in [5, 5.41) is 10.2. The third-order valence-electron chi connectivity index (χ3n) is 3.22. The maximum absolute atomic E-state index is 11.1. The Hall–Kier alpha value is -1.77. The van der Waals surface area contributed by atoms with E-state index in [0.29, 0.717) is 0 Å². The number of rotatable bonds is 3. The van der Waals surface area contributed by atoms with Gasteiger partial charge in [0.1, 0.15) is 0 Å². The van der Waals surface area contributed by atoms with Crippen molar-refractivity contribution in [3.05, 3.63) is 35.5 Å². The van der Waals surface area contributed by atoms with E-state index in [0.717, 1.165) is 23.1 Å². The first-order chi connectivity index (χ1) is 8.04. The molecule has 2 aromatic rings. The van der Waals surface area contributed by atoms with Crippen LogP contribution in [-0.2, 0) is 11.3 Å². The summed E-state index contributed by atoms with van der Waals surface area (Å²) >= 11 is 0. The van der Waals surface area contributed by atoms with E-state index in [9.17, 15) is 4.79 Å². The summed E-state index contributed by atoms with van der Waals surface area (Å²) in [4.78, 5) is 11.1. The molecule has 1 heterocycles. The van der Waals surface area contributed by atoms with E-state index in [1.807, 2.05) is 19.9 Å². The van der Waals surface area contributed by atoms with Crippen molar-refractivity contribution in [1.82, 2.24) is 4.57 Å². The molecule has 0 spiro atoms. The highest BCUT2D eigenvalue weighted by molar-refractivity contribution is 5.85. The summed E-state index contributed by atoms with van der Waals surface area (Å²) in [7, 11) is 0. The number of nitrogens with zero attached hydrogens (tertiary/aromatic N) is 1. The average molecular weight is 231 g/mol. The number of aryl methyl sites for hydroxylation is 2. The molecule has 0 saturated carbocycles. The fourth-order valence-corrected chi connectivity index (χ4v) is 2.25. The van der Waals surface area contributed by atoms with Crippen LogP contribution in [-0.4, -0.2) is 15.6 Å². The SMILES string of the molecule is CCn1c(C(C)C(=O)O)cc2cc(C)ccc21. The lowest BCUT2D eigenvalue weighted by atomic mass is 10.1. The second kappa shape index (κ2) is 4.24. The van der Waals surface area contributed by atoms with Crippen LogP contribution in [0.25, 0.3) is 10.9 Å². The van der Waals surface area contributed by atoms with E-state index in [1.165, 1.54) is 5.56 Å². The summed E-state index contributed by atoms with van der Waals surface area (Å²) in [6.45, 7) is 6.61. The quantitative estimate of drug-likeness (QED) is 0.881. The average Bonchev–Trinajstić information content (AvgIpc) is 2.64. The Morgan fingerprint density at radius 1 is 1.41 bits per heavy atom. The second-order valence-corrected chi connectivity index (χ2v) is 4.44. The molecular formula is C14H17NO2. The van der Waals surface area contributed by atoms with E-state index < -0.39 is 11.9 Å². The fraction of sp³-hybridized carbons (Fsp3) is 0.357. The van der Waals surface area contributed by atoms with Gasteiger partial charge < -0.3 is 9.67 Å². The molecule has 0 saturated heterocycles. The fourth-order valence-electron chi connectivity index (χ4n) is 2.25. The molecule has 0 fully saturated rings. The van der Waals surface area contributed by atoms with Gasteiger partial charge in [0.15, 0.2) is 0 Å². The highest BCUT2D eigenvalue weighted by atomic mass is 16.4. The number of carboxylic acid groups (broad SMARTS) is 1. The number of aromatic nitrogens is 1. The van der Waals surface area contributed by atoms with Gasteiger partial charge in [0.2, 0.25) is 0 Å². The minimum Gasteiger partial charge on any atom is -0.481 e. The van der Waals surface area contributed by atoms with Gasteiger partial charge in [-0.05, 0) is 39.0 Å². The van der Waals surface area contributed by atoms with Crippen LogP contribution in [0.5, 0.6) is 0 Å². The maximum Gasteiger partial charge on any atom is 0.312 e. The second-order valence-electron chi connectivity index (χ2n) is 4.44. The predicted molar refractivity (Wildman–Crippen MR) is 68.4 cm³/mol. The minimum atomic E-state index is -0.778. The normalized spacial score (nSPS) is 12.9. The van der Waals surface area contributed by atoms with Gasteiger partial charge >= 0.3 is 5.97 Å². The van der Waals surface area contributed by atoms with Crippen molar-refractivity contribution >= 4 is 16.9 Å². The van der Waals surface area contributed by atoms with Crippen molar-refractivity contribution in [3.63, 3.8) is 0 Å². The Kier molecular flexibility index (Phi) is 2.92. The van der Waals surface area contributed by atoms with E-state index in [2.05, 4.69) is 22.8 Å². The van der Waals surface area contributed by atoms with Gasteiger partial charge in [-0.1, -0.05) is 11.6 Å². The Bertz CT molecular complexity index is 569. The van der Waals surface area contributed by atoms with Gasteiger partial charge in [-0.15, -0.1) is 0 Å². The number of carboxylic acids is 1. The van der Waals surface area contributed by atoms with Gasteiger partial charge in [0.25, 0.3) is 0 Å². The van der Waals surface area contributed by atoms with Gasteiger partial charge in [-0.3, -0.25) is 4.79 Å². The summed E-state index contributed by atoms with van der Waals surface area (Å²) in [5.74, 6) is -1.25. The standard InChI is InChI=1S/C14H17NO2/c1-4-15-12-6-5-9(2)7-11(12)8-13(15)10(3)14(16)17/h5-8,10H,4H2,1-3H3,(H,16,17). The van der Waals surface area contributed by atoms with E-state index in [4.69, 9.17) is 5.11 Å². The van der Waals surface area contributed by atoms with Crippen molar-refractivity contribution in [3.8, 4) is 0 Å². The van der Waals surface area contributed by atoms with Gasteiger partial charge in [0.05, 0.1) is 5.92 Å². The summed E-state index contributed by atoms with van der Waals surface area (Å²) in [5.41, 5.74) is 3.18. The lowest BCUT2D eigenvalue weighted by molar-refractivity contribution is -0.138. The molecular weight excluding hydrogens is 214 g/mol. The van der Waals surface area contributed by atoms with Crippen LogP contribution < -0.4 is 0 Å². The molecule has 0 aliphatic heterocycles. The molecule has 3 nitrogen and oxygen atoms in total. The Morgan fingerprint density at radius 2 is 2.12 bits per heavy atom. The molecule has 17 heavy (non-hydrogen) atoms. The van der Waals surface area contributed by atoms with Gasteiger partial charge in [-0.2, -0.15) is 0 Å². The van der Waals surface area contributed by atoms with E-state index in [1.54, 1.807) is 6.92 Å². The van der Waals surface area contributed by atoms with Crippen LogP contribution >= 0.6 is 0 Å². The molecule has 2 rings (SSSR count). The monoisotopic (exact) mass is 231 g/mol. The minimum absolute atomic E-state index is 0.470. The third kappa shape index (κ3) is 1.93. The topological polar surface area (TPSA) is 42.2 Å². The van der Waals surface area contributed by atoms with Crippen molar-refractivity contribution in [1.29, 1.82) is 0 Å². The molecule has 1 N–H and O–H groups in total. The van der Waals surface area contributed by atoms with Gasteiger partial charge in [-0.25, -0.2) is 0 Å². The summed E-state index contributed by atoms with van der Waals surface area (Å²) in [6.07, 6.45) is 0. The first kappa shape index (κ1) is 11.7. The molecule has 0 amide bonds. The van der Waals surface area contributed by atoms with Crippen LogP contribution in [0.15, 0.2) is 24.3 Å². The number of carbonyl (C=O) groups is 1. The Labute approximate surface area is 101 Å². The zero-order chi connectivity index (χ0) is 12.6. The largest absolute Gasteiger partial charge is 0.481 e. The number of hydrogen-bond acceptors (Lipinski definition) is 1. The molecule has 3 heteroatoms. The molecule has 0 aliphatic rings. The summed E-state index contributed by atoms with van der Waals surface area (Å²) < 4.78 is 2.08. The van der Waals surface area contributed by atoms with Crippen LogP contribution in [0, 0.1) is 6.92 Å². The Balaban J connectivity index is 2.67. The Morgan fingerprint density at radius 3 is 2.71 bits per heavy atom. The van der Waals surface area contributed by atoms with Crippen molar-refractivity contribution < 1.29 is 9.90 Å². The number of aliphatic carboxylic acids is 1. The molecule has 0 aliphatic carbocycles. The predicted octanol–water partition coefficient (Wildman–Crippen LogP) is 3.16.